The van der Waals surface area contributed by atoms with E-state index < -0.39 is 0 Å². The average molecular weight is 232 g/mol. The quantitative estimate of drug-likeness (QED) is 0.738. The molecule has 84 valence electrons. The zero-order valence-corrected chi connectivity index (χ0v) is 10.6. The molecule has 0 saturated heterocycles. The first-order chi connectivity index (χ1) is 7.48. The normalized spacial score (nSPS) is 11.7. The number of hydrogen-bond acceptors (Lipinski definition) is 1. The molecule has 0 atom stereocenters. The molecule has 0 aliphatic rings. The van der Waals surface area contributed by atoms with E-state index in [1.807, 2.05) is 28.9 Å². The van der Waals surface area contributed by atoms with Crippen molar-refractivity contribution in [3.05, 3.63) is 41.0 Å². The van der Waals surface area contributed by atoms with Gasteiger partial charge in [-0.3, -0.25) is 9.78 Å². The summed E-state index contributed by atoms with van der Waals surface area (Å²) >= 11 is 5.35. The Morgan fingerprint density at radius 3 is 2.25 bits per heavy atom. The van der Waals surface area contributed by atoms with E-state index in [9.17, 15) is 0 Å². The third-order valence-electron chi connectivity index (χ3n) is 2.48. The van der Waals surface area contributed by atoms with Crippen molar-refractivity contribution in [1.82, 2.24) is 9.78 Å². The van der Waals surface area contributed by atoms with Crippen LogP contribution in [0.3, 0.4) is 0 Å². The summed E-state index contributed by atoms with van der Waals surface area (Å²) in [5.41, 5.74) is 2.22. The van der Waals surface area contributed by atoms with Crippen LogP contribution in [0.5, 0.6) is 0 Å². The van der Waals surface area contributed by atoms with E-state index in [4.69, 9.17) is 12.2 Å². The third-order valence-corrected chi connectivity index (χ3v) is 2.78. The summed E-state index contributed by atoms with van der Waals surface area (Å²) in [5.74, 6) is 0. The molecule has 2 rings (SSSR count). The van der Waals surface area contributed by atoms with Gasteiger partial charge in [0.1, 0.15) is 4.64 Å². The van der Waals surface area contributed by atoms with E-state index in [1.54, 1.807) is 0 Å². The summed E-state index contributed by atoms with van der Waals surface area (Å²) in [6, 6.07) is 12.2. The van der Waals surface area contributed by atoms with Crippen LogP contribution in [0.1, 0.15) is 20.8 Å². The molecule has 2 nitrogen and oxygen atoms in total. The molecule has 1 aromatic carbocycles. The van der Waals surface area contributed by atoms with Crippen LogP contribution in [0.15, 0.2) is 36.4 Å². The van der Waals surface area contributed by atoms with Crippen LogP contribution in [0.25, 0.3) is 11.3 Å². The van der Waals surface area contributed by atoms with Gasteiger partial charge in [-0.1, -0.05) is 42.5 Å². The van der Waals surface area contributed by atoms with E-state index in [1.165, 1.54) is 0 Å². The van der Waals surface area contributed by atoms with Crippen molar-refractivity contribution in [3.63, 3.8) is 0 Å². The van der Waals surface area contributed by atoms with Gasteiger partial charge in [0.05, 0.1) is 11.2 Å². The summed E-state index contributed by atoms with van der Waals surface area (Å²) < 4.78 is 2.86. The number of benzene rings is 1. The van der Waals surface area contributed by atoms with E-state index in [-0.39, 0.29) is 5.54 Å². The van der Waals surface area contributed by atoms with Crippen molar-refractivity contribution in [2.75, 3.05) is 0 Å². The van der Waals surface area contributed by atoms with Gasteiger partial charge in [-0.25, -0.2) is 0 Å². The number of hydrogen-bond donors (Lipinski definition) is 1. The Kier molecular flexibility index (Phi) is 2.72. The fraction of sp³-hybridized carbons (Fsp3) is 0.308. The molecular formula is C13H16N2S. The number of aromatic nitrogens is 2. The van der Waals surface area contributed by atoms with Crippen LogP contribution in [-0.4, -0.2) is 9.78 Å². The Morgan fingerprint density at radius 2 is 1.75 bits per heavy atom. The number of aromatic amines is 1. The minimum atomic E-state index is -0.00981. The van der Waals surface area contributed by atoms with Gasteiger partial charge >= 0.3 is 0 Å². The van der Waals surface area contributed by atoms with Crippen molar-refractivity contribution in [3.8, 4) is 11.3 Å². The molecule has 1 aromatic heterocycles. The highest BCUT2D eigenvalue weighted by Gasteiger charge is 2.15. The van der Waals surface area contributed by atoms with Gasteiger partial charge in [-0.15, -0.1) is 0 Å². The van der Waals surface area contributed by atoms with Crippen LogP contribution in [-0.2, 0) is 5.54 Å². The van der Waals surface area contributed by atoms with Gasteiger partial charge in [-0.05, 0) is 32.4 Å². The fourth-order valence-corrected chi connectivity index (χ4v) is 2.10. The maximum atomic E-state index is 5.35. The molecule has 0 bridgehead atoms. The first-order valence-electron chi connectivity index (χ1n) is 5.36. The molecule has 0 saturated carbocycles. The number of rotatable bonds is 1. The minimum absolute atomic E-state index is 0.00981. The van der Waals surface area contributed by atoms with Crippen LogP contribution in [0.4, 0.5) is 0 Å². The van der Waals surface area contributed by atoms with Crippen molar-refractivity contribution in [1.29, 1.82) is 0 Å². The first-order valence-corrected chi connectivity index (χ1v) is 5.77. The summed E-state index contributed by atoms with van der Waals surface area (Å²) in [6.07, 6.45) is 0. The van der Waals surface area contributed by atoms with Gasteiger partial charge in [0.15, 0.2) is 0 Å². The lowest BCUT2D eigenvalue weighted by atomic mass is 10.1. The van der Waals surface area contributed by atoms with Crippen molar-refractivity contribution >= 4 is 12.2 Å². The molecule has 0 radical (unpaired) electrons. The van der Waals surface area contributed by atoms with E-state index >= 15 is 0 Å². The zero-order valence-electron chi connectivity index (χ0n) is 9.82. The first kappa shape index (κ1) is 11.1. The van der Waals surface area contributed by atoms with Crippen molar-refractivity contribution in [2.45, 2.75) is 26.3 Å². The van der Waals surface area contributed by atoms with E-state index in [0.29, 0.717) is 0 Å². The van der Waals surface area contributed by atoms with Gasteiger partial charge in [0, 0.05) is 0 Å². The zero-order chi connectivity index (χ0) is 11.8. The van der Waals surface area contributed by atoms with Gasteiger partial charge in [0.25, 0.3) is 0 Å². The van der Waals surface area contributed by atoms with Crippen molar-refractivity contribution in [2.24, 2.45) is 0 Å². The molecular weight excluding hydrogens is 216 g/mol. The number of nitrogens with one attached hydrogen (secondary N) is 1. The van der Waals surface area contributed by atoms with Crippen LogP contribution >= 0.6 is 12.2 Å². The SMILES string of the molecule is CC(C)(C)n1[nH]c(-c2ccccc2)cc1=S. The summed E-state index contributed by atoms with van der Waals surface area (Å²) in [4.78, 5) is 0. The molecule has 0 aliphatic heterocycles. The van der Waals surface area contributed by atoms with E-state index in [2.05, 4.69) is 38.0 Å². The number of nitrogens with zero attached hydrogens (tertiary/aromatic N) is 1. The number of H-pyrrole nitrogens is 1. The Balaban J connectivity index is 2.51. The highest BCUT2D eigenvalue weighted by molar-refractivity contribution is 7.71. The molecule has 0 unspecified atom stereocenters. The fourth-order valence-electron chi connectivity index (χ4n) is 1.66. The topological polar surface area (TPSA) is 20.7 Å². The molecule has 0 fully saturated rings. The molecule has 0 aliphatic carbocycles. The van der Waals surface area contributed by atoms with E-state index in [0.717, 1.165) is 15.9 Å². The summed E-state index contributed by atoms with van der Waals surface area (Å²) in [6.45, 7) is 6.40. The largest absolute Gasteiger partial charge is 0.296 e. The molecule has 1 N–H and O–H groups in total. The average Bonchev–Trinajstić information content (AvgIpc) is 2.61. The highest BCUT2D eigenvalue weighted by Crippen LogP contribution is 2.21. The van der Waals surface area contributed by atoms with Gasteiger partial charge < -0.3 is 0 Å². The second-order valence-electron chi connectivity index (χ2n) is 4.88. The smallest absolute Gasteiger partial charge is 0.123 e. The Hall–Kier alpha value is -1.35. The summed E-state index contributed by atoms with van der Waals surface area (Å²) in [7, 11) is 0. The maximum absolute atomic E-state index is 5.35. The predicted molar refractivity (Wildman–Crippen MR) is 70.0 cm³/mol. The lowest BCUT2D eigenvalue weighted by Gasteiger charge is -2.20. The van der Waals surface area contributed by atoms with Crippen LogP contribution in [0.2, 0.25) is 0 Å². The molecule has 0 spiro atoms. The van der Waals surface area contributed by atoms with Crippen LogP contribution in [0, 0.1) is 4.64 Å². The summed E-state index contributed by atoms with van der Waals surface area (Å²) in [5, 5.41) is 3.35. The Labute approximate surface area is 101 Å². The monoisotopic (exact) mass is 232 g/mol. The minimum Gasteiger partial charge on any atom is -0.296 e. The van der Waals surface area contributed by atoms with Crippen molar-refractivity contribution < 1.29 is 0 Å². The van der Waals surface area contributed by atoms with Gasteiger partial charge in [0.2, 0.25) is 0 Å². The Bertz CT molecular complexity index is 529. The standard InChI is InChI=1S/C13H16N2S/c1-13(2,3)15-12(16)9-11(14-15)10-7-5-4-6-8-10/h4-9,14H,1-3H3. The highest BCUT2D eigenvalue weighted by atomic mass is 32.1. The predicted octanol–water partition coefficient (Wildman–Crippen LogP) is 3.97. The second-order valence-corrected chi connectivity index (χ2v) is 5.30. The lowest BCUT2D eigenvalue weighted by Crippen LogP contribution is -2.23. The third kappa shape index (κ3) is 2.09. The molecule has 16 heavy (non-hydrogen) atoms. The molecule has 3 heteroatoms. The Morgan fingerprint density at radius 1 is 1.12 bits per heavy atom. The maximum Gasteiger partial charge on any atom is 0.123 e. The molecule has 2 aromatic rings. The van der Waals surface area contributed by atoms with Gasteiger partial charge in [-0.2, -0.15) is 0 Å². The van der Waals surface area contributed by atoms with Crippen LogP contribution < -0.4 is 0 Å². The molecule has 1 heterocycles. The lowest BCUT2D eigenvalue weighted by molar-refractivity contribution is 0.352. The molecule has 0 amide bonds. The second kappa shape index (κ2) is 3.91.